The summed E-state index contributed by atoms with van der Waals surface area (Å²) in [4.78, 5) is 8.59. The van der Waals surface area contributed by atoms with Crippen LogP contribution in [0.15, 0.2) is 24.5 Å². The fourth-order valence-electron chi connectivity index (χ4n) is 1.91. The number of nitrogens with zero attached hydrogens (tertiary/aromatic N) is 2. The molecule has 19 heavy (non-hydrogen) atoms. The van der Waals surface area contributed by atoms with Gasteiger partial charge in [-0.15, -0.1) is 0 Å². The van der Waals surface area contributed by atoms with E-state index in [0.29, 0.717) is 28.8 Å². The van der Waals surface area contributed by atoms with Gasteiger partial charge in [-0.1, -0.05) is 0 Å². The molecular weight excluding hydrogens is 246 g/mol. The van der Waals surface area contributed by atoms with Gasteiger partial charge in [0.2, 0.25) is 6.79 Å². The van der Waals surface area contributed by atoms with Gasteiger partial charge in [-0.25, -0.2) is 4.98 Å². The predicted octanol–water partition coefficient (Wildman–Crippen LogP) is 1.92. The summed E-state index contributed by atoms with van der Waals surface area (Å²) in [6.45, 7) is 0.226. The molecule has 1 N–H and O–H groups in total. The predicted molar refractivity (Wildman–Crippen MR) is 69.7 cm³/mol. The zero-order chi connectivity index (χ0) is 13.2. The molecule has 0 atom stereocenters. The molecule has 1 aliphatic heterocycles. The normalized spacial score (nSPS) is 12.3. The van der Waals surface area contributed by atoms with Crippen molar-refractivity contribution in [1.29, 1.82) is 0 Å². The second-order valence-corrected chi connectivity index (χ2v) is 3.95. The molecule has 0 saturated heterocycles. The molecule has 98 valence electrons. The Morgan fingerprint density at radius 3 is 2.74 bits per heavy atom. The van der Waals surface area contributed by atoms with Gasteiger partial charge in [0.1, 0.15) is 11.6 Å². The summed E-state index contributed by atoms with van der Waals surface area (Å²) >= 11 is 0. The van der Waals surface area contributed by atoms with Crippen LogP contribution in [0.25, 0.3) is 11.3 Å². The van der Waals surface area contributed by atoms with E-state index >= 15 is 0 Å². The van der Waals surface area contributed by atoms with E-state index in [1.165, 1.54) is 0 Å². The Bertz CT molecular complexity index is 616. The van der Waals surface area contributed by atoms with Crippen LogP contribution in [-0.4, -0.2) is 30.9 Å². The van der Waals surface area contributed by atoms with Gasteiger partial charge in [0.15, 0.2) is 11.5 Å². The fourth-order valence-corrected chi connectivity index (χ4v) is 1.91. The Morgan fingerprint density at radius 1 is 1.21 bits per heavy atom. The minimum absolute atomic E-state index is 0.226. The van der Waals surface area contributed by atoms with Gasteiger partial charge in [-0.05, 0) is 6.07 Å². The molecule has 6 nitrogen and oxygen atoms in total. The number of aromatic nitrogens is 2. The zero-order valence-corrected chi connectivity index (χ0v) is 10.6. The first kappa shape index (κ1) is 11.6. The minimum atomic E-state index is 0.226. The van der Waals surface area contributed by atoms with Crippen LogP contribution in [0.4, 0.5) is 5.82 Å². The fraction of sp³-hybridized carbons (Fsp3) is 0.231. The van der Waals surface area contributed by atoms with Crippen LogP contribution < -0.4 is 19.5 Å². The molecule has 1 aromatic carbocycles. The van der Waals surface area contributed by atoms with Crippen molar-refractivity contribution in [1.82, 2.24) is 9.97 Å². The van der Waals surface area contributed by atoms with E-state index in [9.17, 15) is 0 Å². The largest absolute Gasteiger partial charge is 0.496 e. The van der Waals surface area contributed by atoms with Crippen molar-refractivity contribution in [3.8, 4) is 28.5 Å². The van der Waals surface area contributed by atoms with Crippen LogP contribution in [0.1, 0.15) is 0 Å². The lowest BCUT2D eigenvalue weighted by molar-refractivity contribution is 0.174. The monoisotopic (exact) mass is 259 g/mol. The Balaban J connectivity index is 2.12. The van der Waals surface area contributed by atoms with Crippen molar-refractivity contribution in [2.45, 2.75) is 0 Å². The molecule has 0 amide bonds. The van der Waals surface area contributed by atoms with Crippen LogP contribution in [0, 0.1) is 0 Å². The summed E-state index contributed by atoms with van der Waals surface area (Å²) < 4.78 is 16.1. The highest BCUT2D eigenvalue weighted by Gasteiger charge is 2.19. The third kappa shape index (κ3) is 2.01. The Morgan fingerprint density at radius 2 is 2.00 bits per heavy atom. The van der Waals surface area contributed by atoms with Gasteiger partial charge >= 0.3 is 0 Å². The Hall–Kier alpha value is -2.50. The third-order valence-corrected chi connectivity index (χ3v) is 2.86. The summed E-state index contributed by atoms with van der Waals surface area (Å²) in [6, 6.07) is 3.65. The van der Waals surface area contributed by atoms with Crippen LogP contribution in [-0.2, 0) is 0 Å². The molecule has 0 spiro atoms. The van der Waals surface area contributed by atoms with Crippen LogP contribution >= 0.6 is 0 Å². The summed E-state index contributed by atoms with van der Waals surface area (Å²) in [5, 5.41) is 2.96. The maximum absolute atomic E-state index is 5.38. The molecule has 0 unspecified atom stereocenters. The van der Waals surface area contributed by atoms with Crippen molar-refractivity contribution >= 4 is 5.82 Å². The maximum Gasteiger partial charge on any atom is 0.231 e. The van der Waals surface area contributed by atoms with E-state index in [1.54, 1.807) is 32.6 Å². The standard InChI is InChI=1S/C13H13N3O3/c1-14-13-6-15-5-9(16-13)8-3-11-12(19-7-18-11)4-10(8)17-2/h3-6H,7H2,1-2H3,(H,14,16). The molecule has 0 bridgehead atoms. The van der Waals surface area contributed by atoms with Gasteiger partial charge in [0, 0.05) is 18.7 Å². The first-order valence-corrected chi connectivity index (χ1v) is 5.79. The van der Waals surface area contributed by atoms with Crippen molar-refractivity contribution in [3.63, 3.8) is 0 Å². The molecule has 6 heteroatoms. The smallest absolute Gasteiger partial charge is 0.231 e. The minimum Gasteiger partial charge on any atom is -0.496 e. The van der Waals surface area contributed by atoms with Crippen molar-refractivity contribution in [2.75, 3.05) is 26.3 Å². The van der Waals surface area contributed by atoms with Gasteiger partial charge < -0.3 is 19.5 Å². The molecule has 0 radical (unpaired) electrons. The van der Waals surface area contributed by atoms with Crippen molar-refractivity contribution < 1.29 is 14.2 Å². The first-order chi connectivity index (χ1) is 9.31. The van der Waals surface area contributed by atoms with Crippen molar-refractivity contribution in [3.05, 3.63) is 24.5 Å². The zero-order valence-electron chi connectivity index (χ0n) is 10.6. The van der Waals surface area contributed by atoms with E-state index in [4.69, 9.17) is 14.2 Å². The van der Waals surface area contributed by atoms with Crippen LogP contribution in [0.3, 0.4) is 0 Å². The number of ether oxygens (including phenoxy) is 3. The quantitative estimate of drug-likeness (QED) is 0.908. The first-order valence-electron chi connectivity index (χ1n) is 5.79. The summed E-state index contributed by atoms with van der Waals surface area (Å²) in [6.07, 6.45) is 3.34. The number of fused-ring (bicyclic) bond motifs is 1. The molecule has 0 aliphatic carbocycles. The number of hydrogen-bond acceptors (Lipinski definition) is 6. The summed E-state index contributed by atoms with van der Waals surface area (Å²) in [5.74, 6) is 2.73. The second-order valence-electron chi connectivity index (χ2n) is 3.95. The lowest BCUT2D eigenvalue weighted by atomic mass is 10.1. The number of benzene rings is 1. The van der Waals surface area contributed by atoms with Gasteiger partial charge in [0.25, 0.3) is 0 Å². The summed E-state index contributed by atoms with van der Waals surface area (Å²) in [7, 11) is 3.40. The van der Waals surface area contributed by atoms with E-state index in [1.807, 2.05) is 6.07 Å². The second kappa shape index (κ2) is 4.64. The van der Waals surface area contributed by atoms with Crippen molar-refractivity contribution in [2.24, 2.45) is 0 Å². The highest BCUT2D eigenvalue weighted by Crippen LogP contribution is 2.41. The van der Waals surface area contributed by atoms with E-state index < -0.39 is 0 Å². The lowest BCUT2D eigenvalue weighted by Crippen LogP contribution is -1.96. The lowest BCUT2D eigenvalue weighted by Gasteiger charge is -2.10. The van der Waals surface area contributed by atoms with E-state index in [0.717, 1.165) is 5.56 Å². The topological polar surface area (TPSA) is 65.5 Å². The molecule has 2 heterocycles. The Kier molecular flexibility index (Phi) is 2.83. The number of rotatable bonds is 3. The van der Waals surface area contributed by atoms with E-state index in [2.05, 4.69) is 15.3 Å². The average Bonchev–Trinajstić information content (AvgIpc) is 2.93. The Labute approximate surface area is 110 Å². The molecule has 1 aliphatic rings. The molecule has 3 rings (SSSR count). The molecule has 0 fully saturated rings. The number of anilines is 1. The van der Waals surface area contributed by atoms with Gasteiger partial charge in [-0.2, -0.15) is 0 Å². The number of methoxy groups -OCH3 is 1. The SMILES string of the molecule is CNc1cncc(-c2cc3c(cc2OC)OCO3)n1. The number of nitrogens with one attached hydrogen (secondary N) is 1. The highest BCUT2D eigenvalue weighted by molar-refractivity contribution is 5.72. The average molecular weight is 259 g/mol. The molecular formula is C13H13N3O3. The van der Waals surface area contributed by atoms with Crippen LogP contribution in [0.2, 0.25) is 0 Å². The van der Waals surface area contributed by atoms with Gasteiger partial charge in [-0.3, -0.25) is 4.98 Å². The van der Waals surface area contributed by atoms with E-state index in [-0.39, 0.29) is 6.79 Å². The molecule has 1 aromatic heterocycles. The highest BCUT2D eigenvalue weighted by atomic mass is 16.7. The maximum atomic E-state index is 5.38. The molecule has 0 saturated carbocycles. The van der Waals surface area contributed by atoms with Crippen LogP contribution in [0.5, 0.6) is 17.2 Å². The summed E-state index contributed by atoms with van der Waals surface area (Å²) in [5.41, 5.74) is 1.53. The number of hydrogen-bond donors (Lipinski definition) is 1. The van der Waals surface area contributed by atoms with Gasteiger partial charge in [0.05, 0.1) is 25.2 Å². The third-order valence-electron chi connectivity index (χ3n) is 2.86. The molecule has 2 aromatic rings.